The molecule has 0 bridgehead atoms. The minimum Gasteiger partial charge on any atom is -0.385 e. The lowest BCUT2D eigenvalue weighted by atomic mass is 9.89. The summed E-state index contributed by atoms with van der Waals surface area (Å²) in [5.74, 6) is 0.546. The molecule has 20 heavy (non-hydrogen) atoms. The van der Waals surface area contributed by atoms with Crippen molar-refractivity contribution >= 4 is 15.9 Å². The lowest BCUT2D eigenvalue weighted by Crippen LogP contribution is -2.34. The Labute approximate surface area is 130 Å². The summed E-state index contributed by atoms with van der Waals surface area (Å²) in [5, 5.41) is 3.49. The van der Waals surface area contributed by atoms with Gasteiger partial charge in [0.15, 0.2) is 0 Å². The van der Waals surface area contributed by atoms with Crippen molar-refractivity contribution in [1.82, 2.24) is 5.32 Å². The van der Waals surface area contributed by atoms with Gasteiger partial charge in [0, 0.05) is 37.3 Å². The van der Waals surface area contributed by atoms with E-state index in [0.29, 0.717) is 5.92 Å². The molecule has 1 saturated heterocycles. The molecule has 0 radical (unpaired) electrons. The number of benzene rings is 1. The third kappa shape index (κ3) is 4.55. The maximum Gasteiger partial charge on any atom is 0.0876 e. The topological polar surface area (TPSA) is 30.5 Å². The summed E-state index contributed by atoms with van der Waals surface area (Å²) in [6, 6.07) is 8.40. The van der Waals surface area contributed by atoms with Gasteiger partial charge in [0.05, 0.1) is 6.10 Å². The zero-order valence-corrected chi connectivity index (χ0v) is 13.7. The molecular weight excluding hydrogens is 318 g/mol. The third-order valence-corrected chi connectivity index (χ3v) is 4.49. The van der Waals surface area contributed by atoms with Crippen LogP contribution in [0.4, 0.5) is 0 Å². The Morgan fingerprint density at radius 3 is 2.90 bits per heavy atom. The summed E-state index contributed by atoms with van der Waals surface area (Å²) in [5.41, 5.74) is 1.26. The third-order valence-electron chi connectivity index (χ3n) is 3.77. The van der Waals surface area contributed by atoms with Crippen LogP contribution >= 0.6 is 15.9 Å². The minimum atomic E-state index is 0.162. The van der Waals surface area contributed by atoms with Crippen molar-refractivity contribution in [3.05, 3.63) is 34.3 Å². The molecule has 0 aliphatic carbocycles. The van der Waals surface area contributed by atoms with Gasteiger partial charge in [-0.05, 0) is 37.4 Å². The summed E-state index contributed by atoms with van der Waals surface area (Å²) < 4.78 is 12.4. The highest BCUT2D eigenvalue weighted by atomic mass is 79.9. The smallest absolute Gasteiger partial charge is 0.0876 e. The predicted molar refractivity (Wildman–Crippen MR) is 84.9 cm³/mol. The van der Waals surface area contributed by atoms with E-state index < -0.39 is 0 Å². The monoisotopic (exact) mass is 341 g/mol. The molecule has 3 nitrogen and oxygen atoms in total. The number of halogens is 1. The highest BCUT2D eigenvalue weighted by Crippen LogP contribution is 2.34. The Morgan fingerprint density at radius 2 is 2.20 bits per heavy atom. The summed E-state index contributed by atoms with van der Waals surface area (Å²) in [4.78, 5) is 0. The lowest BCUT2D eigenvalue weighted by molar-refractivity contribution is -0.00543. The summed E-state index contributed by atoms with van der Waals surface area (Å²) in [6.07, 6.45) is 3.56. The molecular formula is C16H24BrNO2. The van der Waals surface area contributed by atoms with Crippen LogP contribution in [0.15, 0.2) is 28.7 Å². The number of methoxy groups -OCH3 is 1. The molecule has 0 spiro atoms. The van der Waals surface area contributed by atoms with E-state index >= 15 is 0 Å². The van der Waals surface area contributed by atoms with Gasteiger partial charge >= 0.3 is 0 Å². The summed E-state index contributed by atoms with van der Waals surface area (Å²) in [6.45, 7) is 3.67. The molecule has 1 aliphatic heterocycles. The molecule has 0 aromatic heterocycles. The van der Waals surface area contributed by atoms with Gasteiger partial charge in [-0.15, -0.1) is 0 Å². The highest BCUT2D eigenvalue weighted by molar-refractivity contribution is 9.10. The zero-order valence-electron chi connectivity index (χ0n) is 12.1. The largest absolute Gasteiger partial charge is 0.385 e. The van der Waals surface area contributed by atoms with Crippen LogP contribution in [0.3, 0.4) is 0 Å². The van der Waals surface area contributed by atoms with Crippen molar-refractivity contribution in [3.63, 3.8) is 0 Å². The van der Waals surface area contributed by atoms with Crippen molar-refractivity contribution in [2.45, 2.75) is 25.4 Å². The van der Waals surface area contributed by atoms with Gasteiger partial charge in [0.1, 0.15) is 0 Å². The number of piperidine rings is 1. The van der Waals surface area contributed by atoms with E-state index in [2.05, 4.69) is 45.5 Å². The maximum absolute atomic E-state index is 6.20. The molecule has 1 aromatic carbocycles. The van der Waals surface area contributed by atoms with E-state index in [1.54, 1.807) is 7.11 Å². The van der Waals surface area contributed by atoms with Gasteiger partial charge in [0.25, 0.3) is 0 Å². The van der Waals surface area contributed by atoms with Gasteiger partial charge in [-0.3, -0.25) is 0 Å². The Morgan fingerprint density at radius 1 is 1.35 bits per heavy atom. The molecule has 1 aromatic rings. The minimum absolute atomic E-state index is 0.162. The van der Waals surface area contributed by atoms with E-state index in [4.69, 9.17) is 9.47 Å². The molecule has 1 aliphatic rings. The van der Waals surface area contributed by atoms with Crippen LogP contribution in [0.5, 0.6) is 0 Å². The maximum atomic E-state index is 6.20. The van der Waals surface area contributed by atoms with Crippen molar-refractivity contribution in [1.29, 1.82) is 0 Å². The first-order valence-corrected chi connectivity index (χ1v) is 8.18. The van der Waals surface area contributed by atoms with Crippen LogP contribution in [-0.4, -0.2) is 33.4 Å². The average molecular weight is 342 g/mol. The zero-order chi connectivity index (χ0) is 14.2. The van der Waals surface area contributed by atoms with Crippen LogP contribution in [-0.2, 0) is 9.47 Å². The van der Waals surface area contributed by atoms with Gasteiger partial charge in [-0.2, -0.15) is 0 Å². The van der Waals surface area contributed by atoms with Crippen molar-refractivity contribution in [2.75, 3.05) is 33.4 Å². The van der Waals surface area contributed by atoms with Gasteiger partial charge in [-0.1, -0.05) is 34.1 Å². The first kappa shape index (κ1) is 16.0. The first-order chi connectivity index (χ1) is 9.83. The number of hydrogen-bond donors (Lipinski definition) is 1. The number of rotatable bonds is 7. The van der Waals surface area contributed by atoms with Crippen LogP contribution in [0.2, 0.25) is 0 Å². The Bertz CT molecular complexity index is 394. The van der Waals surface area contributed by atoms with Crippen molar-refractivity contribution in [2.24, 2.45) is 5.92 Å². The Balaban J connectivity index is 2.04. The molecule has 1 fully saturated rings. The molecule has 2 rings (SSSR count). The Hall–Kier alpha value is -0.420. The summed E-state index contributed by atoms with van der Waals surface area (Å²) >= 11 is 3.66. The molecule has 1 heterocycles. The number of ether oxygens (including phenoxy) is 2. The lowest BCUT2D eigenvalue weighted by Gasteiger charge is -2.31. The molecule has 112 valence electrons. The molecule has 1 N–H and O–H groups in total. The Kier molecular flexibility index (Phi) is 7.00. The van der Waals surface area contributed by atoms with Crippen LogP contribution in [0, 0.1) is 5.92 Å². The SMILES string of the molecule is COCCCO[C@@H](c1ccccc1Br)[C@@H]1CCCNC1. The van der Waals surface area contributed by atoms with Gasteiger partial charge < -0.3 is 14.8 Å². The fourth-order valence-corrected chi connectivity index (χ4v) is 3.25. The second-order valence-corrected chi connectivity index (χ2v) is 6.12. The van der Waals surface area contributed by atoms with Crippen molar-refractivity contribution in [3.8, 4) is 0 Å². The van der Waals surface area contributed by atoms with Gasteiger partial charge in [-0.25, -0.2) is 0 Å². The summed E-state index contributed by atoms with van der Waals surface area (Å²) in [7, 11) is 1.73. The van der Waals surface area contributed by atoms with E-state index in [1.807, 2.05) is 0 Å². The number of nitrogens with one attached hydrogen (secondary N) is 1. The second kappa shape index (κ2) is 8.78. The highest BCUT2D eigenvalue weighted by Gasteiger charge is 2.26. The van der Waals surface area contributed by atoms with E-state index in [0.717, 1.165) is 37.2 Å². The average Bonchev–Trinajstić information content (AvgIpc) is 2.49. The molecule has 0 unspecified atom stereocenters. The van der Waals surface area contributed by atoms with E-state index in [9.17, 15) is 0 Å². The van der Waals surface area contributed by atoms with E-state index in [-0.39, 0.29) is 6.10 Å². The predicted octanol–water partition coefficient (Wildman–Crippen LogP) is 3.54. The molecule has 4 heteroatoms. The van der Waals surface area contributed by atoms with Crippen LogP contribution in [0.25, 0.3) is 0 Å². The molecule has 0 amide bonds. The molecule has 2 atom stereocenters. The van der Waals surface area contributed by atoms with E-state index in [1.165, 1.54) is 18.4 Å². The van der Waals surface area contributed by atoms with Crippen molar-refractivity contribution < 1.29 is 9.47 Å². The number of hydrogen-bond acceptors (Lipinski definition) is 3. The van der Waals surface area contributed by atoms with Gasteiger partial charge in [0.2, 0.25) is 0 Å². The fraction of sp³-hybridized carbons (Fsp3) is 0.625. The second-order valence-electron chi connectivity index (χ2n) is 5.27. The van der Waals surface area contributed by atoms with Crippen LogP contribution < -0.4 is 5.32 Å². The normalized spacial score (nSPS) is 20.8. The quantitative estimate of drug-likeness (QED) is 0.769. The fourth-order valence-electron chi connectivity index (χ4n) is 2.74. The first-order valence-electron chi connectivity index (χ1n) is 7.38. The standard InChI is InChI=1S/C16H24BrNO2/c1-19-10-5-11-20-16(13-6-4-9-18-12-13)14-7-2-3-8-15(14)17/h2-3,7-8,13,16,18H,4-6,9-12H2,1H3/t13-,16-/m1/s1. The van der Waals surface area contributed by atoms with Crippen LogP contribution in [0.1, 0.15) is 30.9 Å². The molecule has 0 saturated carbocycles.